The van der Waals surface area contributed by atoms with E-state index in [0.29, 0.717) is 0 Å². The van der Waals surface area contributed by atoms with Crippen LogP contribution in [0.5, 0.6) is 0 Å². The van der Waals surface area contributed by atoms with Crippen LogP contribution in [0.25, 0.3) is 11.1 Å². The first kappa shape index (κ1) is 12.4. The highest BCUT2D eigenvalue weighted by molar-refractivity contribution is 9.10. The van der Waals surface area contributed by atoms with E-state index >= 15 is 0 Å². The zero-order chi connectivity index (χ0) is 12.9. The molecule has 0 saturated carbocycles. The van der Waals surface area contributed by atoms with Crippen molar-refractivity contribution in [3.05, 3.63) is 55.5 Å². The zero-order valence-corrected chi connectivity index (χ0v) is 13.7. The van der Waals surface area contributed by atoms with Gasteiger partial charge in [-0.1, -0.05) is 31.9 Å². The fourth-order valence-corrected chi connectivity index (χ4v) is 4.24. The third-order valence-electron chi connectivity index (χ3n) is 3.68. The molecule has 0 amide bonds. The lowest BCUT2D eigenvalue weighted by Gasteiger charge is -2.24. The minimum atomic E-state index is 1.14. The van der Waals surface area contributed by atoms with E-state index in [1.54, 1.807) is 0 Å². The Morgan fingerprint density at radius 3 is 1.50 bits per heavy atom. The van der Waals surface area contributed by atoms with Crippen molar-refractivity contribution in [1.82, 2.24) is 0 Å². The van der Waals surface area contributed by atoms with Crippen molar-refractivity contribution in [1.29, 1.82) is 0 Å². The highest BCUT2D eigenvalue weighted by Crippen LogP contribution is 2.40. The van der Waals surface area contributed by atoms with Crippen molar-refractivity contribution < 1.29 is 0 Å². The van der Waals surface area contributed by atoms with Crippen LogP contribution in [0.4, 0.5) is 0 Å². The van der Waals surface area contributed by atoms with E-state index in [9.17, 15) is 0 Å². The first-order valence-corrected chi connectivity index (χ1v) is 7.73. The summed E-state index contributed by atoms with van der Waals surface area (Å²) in [5.41, 5.74) is 8.57. The average Bonchev–Trinajstić information content (AvgIpc) is 2.28. The van der Waals surface area contributed by atoms with Crippen LogP contribution in [-0.2, 0) is 12.8 Å². The summed E-state index contributed by atoms with van der Waals surface area (Å²) in [6, 6.07) is 8.98. The van der Waals surface area contributed by atoms with Gasteiger partial charge in [0.1, 0.15) is 0 Å². The molecule has 18 heavy (non-hydrogen) atoms. The van der Waals surface area contributed by atoms with Crippen molar-refractivity contribution >= 4 is 31.9 Å². The minimum absolute atomic E-state index is 1.14. The molecule has 0 unspecified atom stereocenters. The molecule has 0 aromatic heterocycles. The first-order chi connectivity index (χ1) is 8.56. The lowest BCUT2D eigenvalue weighted by Crippen LogP contribution is -2.07. The van der Waals surface area contributed by atoms with E-state index in [1.165, 1.54) is 42.3 Å². The summed E-state index contributed by atoms with van der Waals surface area (Å²) in [4.78, 5) is 0. The maximum Gasteiger partial charge on any atom is 0.0181 e. The SMILES string of the molecule is Cc1cc(Br)cc2c1-c1c(C)cc(Br)cc1CC2. The molecular formula is C16H14Br2. The molecule has 1 aliphatic rings. The van der Waals surface area contributed by atoms with Gasteiger partial charge in [0.15, 0.2) is 0 Å². The molecule has 0 N–H and O–H groups in total. The van der Waals surface area contributed by atoms with Gasteiger partial charge in [-0.2, -0.15) is 0 Å². The summed E-state index contributed by atoms with van der Waals surface area (Å²) < 4.78 is 2.38. The number of rotatable bonds is 0. The topological polar surface area (TPSA) is 0 Å². The van der Waals surface area contributed by atoms with Crippen LogP contribution < -0.4 is 0 Å². The van der Waals surface area contributed by atoms with E-state index in [4.69, 9.17) is 0 Å². The average molecular weight is 366 g/mol. The summed E-state index contributed by atoms with van der Waals surface area (Å²) in [6.07, 6.45) is 2.27. The van der Waals surface area contributed by atoms with Gasteiger partial charge in [-0.3, -0.25) is 0 Å². The molecule has 0 nitrogen and oxygen atoms in total. The summed E-state index contributed by atoms with van der Waals surface area (Å²) in [6.45, 7) is 4.42. The van der Waals surface area contributed by atoms with Gasteiger partial charge in [-0.25, -0.2) is 0 Å². The van der Waals surface area contributed by atoms with Crippen molar-refractivity contribution in [2.45, 2.75) is 26.7 Å². The lowest BCUT2D eigenvalue weighted by molar-refractivity contribution is 0.933. The summed E-state index contributed by atoms with van der Waals surface area (Å²) in [5.74, 6) is 0. The molecule has 0 bridgehead atoms. The van der Waals surface area contributed by atoms with Crippen LogP contribution in [0.3, 0.4) is 0 Å². The largest absolute Gasteiger partial charge is 0.0508 e. The van der Waals surface area contributed by atoms with Gasteiger partial charge in [-0.05, 0) is 84.3 Å². The van der Waals surface area contributed by atoms with Gasteiger partial charge in [0.2, 0.25) is 0 Å². The van der Waals surface area contributed by atoms with Crippen LogP contribution in [0.15, 0.2) is 33.2 Å². The maximum absolute atomic E-state index is 3.60. The molecule has 0 spiro atoms. The van der Waals surface area contributed by atoms with E-state index in [1.807, 2.05) is 0 Å². The molecule has 2 aromatic carbocycles. The monoisotopic (exact) mass is 364 g/mol. The third kappa shape index (κ3) is 1.96. The van der Waals surface area contributed by atoms with E-state index in [0.717, 1.165) is 12.8 Å². The van der Waals surface area contributed by atoms with Crippen molar-refractivity contribution in [3.8, 4) is 11.1 Å². The Morgan fingerprint density at radius 2 is 1.11 bits per heavy atom. The Morgan fingerprint density at radius 1 is 0.722 bits per heavy atom. The normalized spacial score (nSPS) is 13.1. The van der Waals surface area contributed by atoms with Gasteiger partial charge in [0, 0.05) is 8.95 Å². The quantitative estimate of drug-likeness (QED) is 0.570. The predicted octanol–water partition coefficient (Wildman–Crippen LogP) is 5.59. The molecule has 0 atom stereocenters. The Labute approximate surface area is 125 Å². The number of fused-ring (bicyclic) bond motifs is 3. The number of hydrogen-bond acceptors (Lipinski definition) is 0. The molecule has 92 valence electrons. The van der Waals surface area contributed by atoms with Crippen molar-refractivity contribution in [2.24, 2.45) is 0 Å². The van der Waals surface area contributed by atoms with Crippen LogP contribution in [0.1, 0.15) is 22.3 Å². The molecule has 0 radical (unpaired) electrons. The molecule has 0 saturated heterocycles. The third-order valence-corrected chi connectivity index (χ3v) is 4.59. The van der Waals surface area contributed by atoms with Crippen LogP contribution in [0.2, 0.25) is 0 Å². The van der Waals surface area contributed by atoms with Crippen LogP contribution in [0, 0.1) is 13.8 Å². The standard InChI is InChI=1S/C16H14Br2/c1-9-5-13(17)7-11-3-4-12-8-14(18)6-10(2)16(12)15(9)11/h5-8H,3-4H2,1-2H3. The van der Waals surface area contributed by atoms with Crippen molar-refractivity contribution in [2.75, 3.05) is 0 Å². The number of halogens is 2. The van der Waals surface area contributed by atoms with E-state index in [2.05, 4.69) is 70.0 Å². The second-order valence-electron chi connectivity index (χ2n) is 5.01. The smallest absolute Gasteiger partial charge is 0.0181 e. The Balaban J connectivity index is 2.35. The van der Waals surface area contributed by atoms with Crippen molar-refractivity contribution in [3.63, 3.8) is 0 Å². The van der Waals surface area contributed by atoms with E-state index < -0.39 is 0 Å². The Hall–Kier alpha value is -0.600. The highest BCUT2D eigenvalue weighted by atomic mass is 79.9. The number of aryl methyl sites for hydroxylation is 4. The fraction of sp³-hybridized carbons (Fsp3) is 0.250. The zero-order valence-electron chi connectivity index (χ0n) is 10.5. The Kier molecular flexibility index (Phi) is 3.11. The highest BCUT2D eigenvalue weighted by Gasteiger charge is 2.20. The maximum atomic E-state index is 3.60. The van der Waals surface area contributed by atoms with Gasteiger partial charge in [0.25, 0.3) is 0 Å². The van der Waals surface area contributed by atoms with Gasteiger partial charge in [-0.15, -0.1) is 0 Å². The molecule has 2 heteroatoms. The molecule has 3 rings (SSSR count). The second-order valence-corrected chi connectivity index (χ2v) is 6.84. The predicted molar refractivity (Wildman–Crippen MR) is 84.2 cm³/mol. The molecule has 0 aliphatic heterocycles. The first-order valence-electron chi connectivity index (χ1n) is 6.14. The summed E-state index contributed by atoms with van der Waals surface area (Å²) >= 11 is 7.21. The molecule has 0 fully saturated rings. The lowest BCUT2D eigenvalue weighted by atomic mass is 9.81. The summed E-state index contributed by atoms with van der Waals surface area (Å²) in [7, 11) is 0. The Bertz CT molecular complexity index is 585. The van der Waals surface area contributed by atoms with Gasteiger partial charge >= 0.3 is 0 Å². The number of benzene rings is 2. The molecule has 0 heterocycles. The van der Waals surface area contributed by atoms with Crippen LogP contribution >= 0.6 is 31.9 Å². The van der Waals surface area contributed by atoms with E-state index in [-0.39, 0.29) is 0 Å². The van der Waals surface area contributed by atoms with Gasteiger partial charge in [0.05, 0.1) is 0 Å². The fourth-order valence-electron chi connectivity index (χ4n) is 3.00. The second kappa shape index (κ2) is 4.50. The summed E-state index contributed by atoms with van der Waals surface area (Å²) in [5, 5.41) is 0. The number of hydrogen-bond donors (Lipinski definition) is 0. The molecule has 1 aliphatic carbocycles. The minimum Gasteiger partial charge on any atom is -0.0508 e. The molecule has 2 aromatic rings. The van der Waals surface area contributed by atoms with Crippen LogP contribution in [-0.4, -0.2) is 0 Å². The molecular weight excluding hydrogens is 352 g/mol. The van der Waals surface area contributed by atoms with Gasteiger partial charge < -0.3 is 0 Å².